The van der Waals surface area contributed by atoms with Crippen molar-refractivity contribution in [3.8, 4) is 0 Å². The highest BCUT2D eigenvalue weighted by atomic mass is 79.9. The van der Waals surface area contributed by atoms with Crippen molar-refractivity contribution in [1.29, 1.82) is 0 Å². The standard InChI is InChI=1S/C15H18BrN3O/c1-4-19-8-11(17)7-13(19)15(20)18-14-10(3)5-9(2)6-12(14)16/h5-8H,4,17H2,1-3H3,(H,18,20). The minimum absolute atomic E-state index is 0.156. The van der Waals surface area contributed by atoms with E-state index in [2.05, 4.69) is 21.2 Å². The molecule has 0 fully saturated rings. The van der Waals surface area contributed by atoms with Gasteiger partial charge in [-0.25, -0.2) is 0 Å². The van der Waals surface area contributed by atoms with Gasteiger partial charge in [-0.05, 0) is 60.0 Å². The van der Waals surface area contributed by atoms with E-state index in [4.69, 9.17) is 5.73 Å². The van der Waals surface area contributed by atoms with Crippen LogP contribution in [0, 0.1) is 13.8 Å². The van der Waals surface area contributed by atoms with Crippen molar-refractivity contribution in [2.45, 2.75) is 27.3 Å². The number of amides is 1. The predicted octanol–water partition coefficient (Wildman–Crippen LogP) is 3.72. The molecule has 0 bridgehead atoms. The van der Waals surface area contributed by atoms with Crippen LogP contribution in [0.4, 0.5) is 11.4 Å². The molecule has 5 heteroatoms. The molecule has 20 heavy (non-hydrogen) atoms. The van der Waals surface area contributed by atoms with Gasteiger partial charge in [-0.2, -0.15) is 0 Å². The van der Waals surface area contributed by atoms with Gasteiger partial charge in [-0.3, -0.25) is 4.79 Å². The van der Waals surface area contributed by atoms with Crippen LogP contribution in [-0.2, 0) is 6.54 Å². The van der Waals surface area contributed by atoms with Crippen molar-refractivity contribution >= 4 is 33.2 Å². The molecule has 3 N–H and O–H groups in total. The molecule has 1 aromatic heterocycles. The number of anilines is 2. The largest absolute Gasteiger partial charge is 0.397 e. The summed E-state index contributed by atoms with van der Waals surface area (Å²) < 4.78 is 2.72. The molecule has 0 saturated carbocycles. The molecule has 0 atom stereocenters. The van der Waals surface area contributed by atoms with Gasteiger partial charge in [-0.15, -0.1) is 0 Å². The number of halogens is 1. The smallest absolute Gasteiger partial charge is 0.272 e. The third-order valence-corrected chi connectivity index (χ3v) is 3.79. The fourth-order valence-corrected chi connectivity index (χ4v) is 3.01. The Morgan fingerprint density at radius 2 is 2.05 bits per heavy atom. The maximum Gasteiger partial charge on any atom is 0.272 e. The van der Waals surface area contributed by atoms with Crippen LogP contribution >= 0.6 is 15.9 Å². The summed E-state index contributed by atoms with van der Waals surface area (Å²) in [5.41, 5.74) is 9.88. The number of aromatic nitrogens is 1. The molecule has 106 valence electrons. The van der Waals surface area contributed by atoms with E-state index in [1.54, 1.807) is 12.3 Å². The summed E-state index contributed by atoms with van der Waals surface area (Å²) in [6.45, 7) is 6.67. The zero-order chi connectivity index (χ0) is 14.9. The lowest BCUT2D eigenvalue weighted by molar-refractivity contribution is 0.101. The minimum Gasteiger partial charge on any atom is -0.397 e. The highest BCUT2D eigenvalue weighted by Crippen LogP contribution is 2.28. The fourth-order valence-electron chi connectivity index (χ4n) is 2.24. The first-order chi connectivity index (χ1) is 9.42. The molecule has 0 aliphatic rings. The number of carbonyl (C=O) groups excluding carboxylic acids is 1. The Balaban J connectivity index is 2.32. The summed E-state index contributed by atoms with van der Waals surface area (Å²) in [6, 6.07) is 5.71. The van der Waals surface area contributed by atoms with Crippen molar-refractivity contribution < 1.29 is 4.79 Å². The summed E-state index contributed by atoms with van der Waals surface area (Å²) in [4.78, 5) is 12.4. The monoisotopic (exact) mass is 335 g/mol. The molecular formula is C15H18BrN3O. The number of nitrogens with one attached hydrogen (secondary N) is 1. The number of rotatable bonds is 3. The molecule has 0 spiro atoms. The molecule has 2 aromatic rings. The average molecular weight is 336 g/mol. The van der Waals surface area contributed by atoms with Gasteiger partial charge < -0.3 is 15.6 Å². The van der Waals surface area contributed by atoms with Gasteiger partial charge in [0.25, 0.3) is 5.91 Å². The van der Waals surface area contributed by atoms with E-state index in [-0.39, 0.29) is 5.91 Å². The van der Waals surface area contributed by atoms with Crippen molar-refractivity contribution in [2.75, 3.05) is 11.1 Å². The third kappa shape index (κ3) is 2.88. The highest BCUT2D eigenvalue weighted by molar-refractivity contribution is 9.10. The summed E-state index contributed by atoms with van der Waals surface area (Å²) in [5, 5.41) is 2.95. The Kier molecular flexibility index (Phi) is 4.18. The van der Waals surface area contributed by atoms with Crippen LogP contribution in [-0.4, -0.2) is 10.5 Å². The van der Waals surface area contributed by atoms with Crippen molar-refractivity contribution in [1.82, 2.24) is 4.57 Å². The first-order valence-corrected chi connectivity index (χ1v) is 7.25. The van der Waals surface area contributed by atoms with Crippen LogP contribution in [0.2, 0.25) is 0 Å². The first-order valence-electron chi connectivity index (χ1n) is 6.46. The molecule has 2 rings (SSSR count). The lowest BCUT2D eigenvalue weighted by Crippen LogP contribution is -2.17. The number of aryl methyl sites for hydroxylation is 3. The second kappa shape index (κ2) is 5.71. The quantitative estimate of drug-likeness (QED) is 0.897. The summed E-state index contributed by atoms with van der Waals surface area (Å²) >= 11 is 3.49. The SMILES string of the molecule is CCn1cc(N)cc1C(=O)Nc1c(C)cc(C)cc1Br. The van der Waals surface area contributed by atoms with Crippen LogP contribution in [0.15, 0.2) is 28.9 Å². The third-order valence-electron chi connectivity index (χ3n) is 3.16. The van der Waals surface area contributed by atoms with Crippen LogP contribution in [0.5, 0.6) is 0 Å². The summed E-state index contributed by atoms with van der Waals surface area (Å²) in [7, 11) is 0. The van der Waals surface area contributed by atoms with Gasteiger partial charge in [0.05, 0.1) is 11.4 Å². The Morgan fingerprint density at radius 3 is 2.65 bits per heavy atom. The van der Waals surface area contributed by atoms with Gasteiger partial charge in [0, 0.05) is 17.2 Å². The Labute approximate surface area is 127 Å². The lowest BCUT2D eigenvalue weighted by atomic mass is 10.1. The Morgan fingerprint density at radius 1 is 1.35 bits per heavy atom. The first kappa shape index (κ1) is 14.7. The second-order valence-corrected chi connectivity index (χ2v) is 5.69. The lowest BCUT2D eigenvalue weighted by Gasteiger charge is -2.12. The molecule has 0 saturated heterocycles. The van der Waals surface area contributed by atoms with E-state index < -0.39 is 0 Å². The van der Waals surface area contributed by atoms with Crippen LogP contribution in [0.3, 0.4) is 0 Å². The number of nitrogens with zero attached hydrogens (tertiary/aromatic N) is 1. The number of benzene rings is 1. The molecule has 1 aromatic carbocycles. The van der Waals surface area contributed by atoms with E-state index in [0.717, 1.165) is 21.3 Å². The molecular weight excluding hydrogens is 318 g/mol. The number of hydrogen-bond donors (Lipinski definition) is 2. The topological polar surface area (TPSA) is 60.0 Å². The van der Waals surface area contributed by atoms with Crippen LogP contribution in [0.1, 0.15) is 28.5 Å². The van der Waals surface area contributed by atoms with Crippen molar-refractivity contribution in [2.24, 2.45) is 0 Å². The zero-order valence-electron chi connectivity index (χ0n) is 11.8. The van der Waals surface area contributed by atoms with Gasteiger partial charge in [0.2, 0.25) is 0 Å². The summed E-state index contributed by atoms with van der Waals surface area (Å²) in [6.07, 6.45) is 1.77. The molecule has 0 aliphatic carbocycles. The molecule has 0 radical (unpaired) electrons. The molecule has 1 heterocycles. The van der Waals surface area contributed by atoms with E-state index in [9.17, 15) is 4.79 Å². The molecule has 4 nitrogen and oxygen atoms in total. The molecule has 0 unspecified atom stereocenters. The van der Waals surface area contributed by atoms with Crippen molar-refractivity contribution in [3.63, 3.8) is 0 Å². The number of hydrogen-bond acceptors (Lipinski definition) is 2. The number of nitrogen functional groups attached to an aromatic ring is 1. The highest BCUT2D eigenvalue weighted by Gasteiger charge is 2.15. The fraction of sp³-hybridized carbons (Fsp3) is 0.267. The number of carbonyl (C=O) groups is 1. The van der Waals surface area contributed by atoms with Gasteiger partial charge in [0.15, 0.2) is 0 Å². The van der Waals surface area contributed by atoms with Crippen LogP contribution in [0.25, 0.3) is 0 Å². The zero-order valence-corrected chi connectivity index (χ0v) is 13.4. The van der Waals surface area contributed by atoms with E-state index in [1.165, 1.54) is 0 Å². The maximum atomic E-state index is 12.4. The van der Waals surface area contributed by atoms with Crippen molar-refractivity contribution in [3.05, 3.63) is 45.7 Å². The molecule has 1 amide bonds. The molecule has 0 aliphatic heterocycles. The summed E-state index contributed by atoms with van der Waals surface area (Å²) in [5.74, 6) is -0.156. The van der Waals surface area contributed by atoms with Crippen LogP contribution < -0.4 is 11.1 Å². The normalized spacial score (nSPS) is 10.6. The number of nitrogens with two attached hydrogens (primary N) is 1. The van der Waals surface area contributed by atoms with Gasteiger partial charge in [-0.1, -0.05) is 6.07 Å². The minimum atomic E-state index is -0.156. The maximum absolute atomic E-state index is 12.4. The van der Waals surface area contributed by atoms with E-state index >= 15 is 0 Å². The Bertz CT molecular complexity index is 638. The predicted molar refractivity (Wildman–Crippen MR) is 86.1 cm³/mol. The van der Waals surface area contributed by atoms with Gasteiger partial charge >= 0.3 is 0 Å². The van der Waals surface area contributed by atoms with E-state index in [1.807, 2.05) is 37.5 Å². The second-order valence-electron chi connectivity index (χ2n) is 4.84. The average Bonchev–Trinajstić information content (AvgIpc) is 2.75. The van der Waals surface area contributed by atoms with Gasteiger partial charge in [0.1, 0.15) is 5.69 Å². The Hall–Kier alpha value is -1.75. The van der Waals surface area contributed by atoms with E-state index in [0.29, 0.717) is 17.9 Å².